The minimum absolute atomic E-state index is 0.0928. The summed E-state index contributed by atoms with van der Waals surface area (Å²) in [6, 6.07) is 1.15. The van der Waals surface area contributed by atoms with Crippen molar-refractivity contribution in [3.63, 3.8) is 0 Å². The molecule has 1 aromatic carbocycles. The molecule has 2 aromatic heterocycles. The lowest BCUT2D eigenvalue weighted by molar-refractivity contribution is 0.547. The van der Waals surface area contributed by atoms with Crippen LogP contribution in [0.1, 0.15) is 6.92 Å². The Labute approximate surface area is 150 Å². The van der Waals surface area contributed by atoms with Crippen LogP contribution in [0, 0.1) is 17.5 Å². The third-order valence-electron chi connectivity index (χ3n) is 3.76. The highest BCUT2D eigenvalue weighted by Crippen LogP contribution is 2.39. The minimum Gasteiger partial charge on any atom is -0.300 e. The Bertz CT molecular complexity index is 1070. The number of allylic oxidation sites excluding steroid dienone is 2. The Morgan fingerprint density at radius 1 is 1.12 bits per heavy atom. The number of hydrogen-bond donors (Lipinski definition) is 1. The molecule has 0 fully saturated rings. The average molecular weight is 379 g/mol. The highest BCUT2D eigenvalue weighted by atomic mass is 35.5. The normalized spacial score (nSPS) is 13.9. The molecule has 0 unspecified atom stereocenters. The van der Waals surface area contributed by atoms with Crippen LogP contribution in [0.25, 0.3) is 16.9 Å². The quantitative estimate of drug-likeness (QED) is 0.690. The summed E-state index contributed by atoms with van der Waals surface area (Å²) in [7, 11) is 0. The second-order valence-corrected chi connectivity index (χ2v) is 5.88. The van der Waals surface area contributed by atoms with Crippen LogP contribution in [0.4, 0.5) is 19.0 Å². The predicted molar refractivity (Wildman–Crippen MR) is 89.6 cm³/mol. The van der Waals surface area contributed by atoms with E-state index in [1.54, 1.807) is 18.5 Å². The largest absolute Gasteiger partial charge is 0.300 e. The van der Waals surface area contributed by atoms with Crippen LogP contribution in [0.3, 0.4) is 0 Å². The van der Waals surface area contributed by atoms with E-state index in [9.17, 15) is 13.2 Å². The molecule has 0 spiro atoms. The van der Waals surface area contributed by atoms with Gasteiger partial charge < -0.3 is 0 Å². The van der Waals surface area contributed by atoms with Crippen LogP contribution >= 0.6 is 11.6 Å². The molecule has 0 bridgehead atoms. The van der Waals surface area contributed by atoms with Gasteiger partial charge in [0, 0.05) is 24.5 Å². The van der Waals surface area contributed by atoms with Gasteiger partial charge in [-0.05, 0) is 18.6 Å². The summed E-state index contributed by atoms with van der Waals surface area (Å²) in [5, 5.41) is 5.30. The Kier molecular flexibility index (Phi) is 3.80. The highest BCUT2D eigenvalue weighted by Gasteiger charge is 2.27. The van der Waals surface area contributed by atoms with Gasteiger partial charge in [0.15, 0.2) is 5.82 Å². The average Bonchev–Trinajstić information content (AvgIpc) is 3.03. The van der Waals surface area contributed by atoms with Crippen LogP contribution < -0.4 is 10.4 Å². The zero-order chi connectivity index (χ0) is 18.4. The van der Waals surface area contributed by atoms with Crippen molar-refractivity contribution in [3.05, 3.63) is 65.1 Å². The lowest BCUT2D eigenvalue weighted by Gasteiger charge is -2.26. The summed E-state index contributed by atoms with van der Waals surface area (Å²) in [6.07, 6.45) is 6.32. The topological polar surface area (TPSA) is 58.3 Å². The fourth-order valence-corrected chi connectivity index (χ4v) is 2.86. The van der Waals surface area contributed by atoms with Crippen LogP contribution in [0.2, 0.25) is 5.15 Å². The molecular weight excluding hydrogens is 369 g/mol. The van der Waals surface area contributed by atoms with Gasteiger partial charge in [0.25, 0.3) is 5.78 Å². The molecule has 26 heavy (non-hydrogen) atoms. The molecule has 0 saturated heterocycles. The number of nitrogens with one attached hydrogen (secondary N) is 1. The van der Waals surface area contributed by atoms with E-state index in [0.29, 0.717) is 12.1 Å². The number of hydrogen-bond acceptors (Lipinski definition) is 5. The smallest absolute Gasteiger partial charge is 0.255 e. The summed E-state index contributed by atoms with van der Waals surface area (Å²) >= 11 is 6.22. The van der Waals surface area contributed by atoms with Crippen LogP contribution in [-0.4, -0.2) is 19.6 Å². The molecule has 3 heterocycles. The lowest BCUT2D eigenvalue weighted by atomic mass is 10.1. The molecule has 1 aliphatic heterocycles. The molecular formula is C16H10ClF3N6. The first kappa shape index (κ1) is 16.4. The number of benzene rings is 1. The predicted octanol–water partition coefficient (Wildman–Crippen LogP) is 3.60. The molecule has 0 saturated carbocycles. The first-order valence-electron chi connectivity index (χ1n) is 7.40. The molecule has 1 N–H and O–H groups in total. The summed E-state index contributed by atoms with van der Waals surface area (Å²) < 4.78 is 43.5. The van der Waals surface area contributed by atoms with Gasteiger partial charge >= 0.3 is 0 Å². The maximum Gasteiger partial charge on any atom is 0.255 e. The van der Waals surface area contributed by atoms with Gasteiger partial charge in [-0.1, -0.05) is 11.6 Å². The first-order valence-corrected chi connectivity index (χ1v) is 7.78. The van der Waals surface area contributed by atoms with Crippen molar-refractivity contribution in [2.24, 2.45) is 0 Å². The van der Waals surface area contributed by atoms with E-state index in [2.05, 4.69) is 20.5 Å². The lowest BCUT2D eigenvalue weighted by Crippen LogP contribution is -2.33. The number of anilines is 1. The van der Waals surface area contributed by atoms with Crippen LogP contribution in [0.5, 0.6) is 0 Å². The number of nitrogens with zero attached hydrogens (tertiary/aromatic N) is 5. The number of hydrazine groups is 1. The van der Waals surface area contributed by atoms with Crippen molar-refractivity contribution in [1.82, 2.24) is 25.0 Å². The zero-order valence-corrected chi connectivity index (χ0v) is 14.0. The van der Waals surface area contributed by atoms with Crippen LogP contribution in [-0.2, 0) is 0 Å². The molecule has 0 amide bonds. The number of rotatable bonds is 2. The summed E-state index contributed by atoms with van der Waals surface area (Å²) in [5.41, 5.74) is 3.26. The van der Waals surface area contributed by atoms with Crippen molar-refractivity contribution in [2.45, 2.75) is 6.92 Å². The molecule has 0 radical (unpaired) electrons. The van der Waals surface area contributed by atoms with Gasteiger partial charge in [-0.25, -0.2) is 18.2 Å². The molecule has 1 aliphatic rings. The second kappa shape index (κ2) is 6.03. The standard InChI is InChI=1S/C16H10ClF3N6/c1-8-2-3-25(22-6-8)15-13(12-10(19)4-9(18)5-11(12)20)14(17)24-16-21-7-23-26(15)16/h2-7,22H,1H3. The summed E-state index contributed by atoms with van der Waals surface area (Å²) in [5.74, 6) is -2.95. The van der Waals surface area contributed by atoms with Gasteiger partial charge in [0.05, 0.1) is 11.1 Å². The first-order chi connectivity index (χ1) is 12.5. The van der Waals surface area contributed by atoms with Gasteiger partial charge in [-0.15, -0.1) is 0 Å². The van der Waals surface area contributed by atoms with Crippen molar-refractivity contribution in [2.75, 3.05) is 5.01 Å². The van der Waals surface area contributed by atoms with E-state index >= 15 is 0 Å². The Balaban J connectivity index is 2.05. The Morgan fingerprint density at radius 3 is 2.50 bits per heavy atom. The number of halogens is 4. The molecule has 0 aliphatic carbocycles. The van der Waals surface area contributed by atoms with Gasteiger partial charge in [-0.2, -0.15) is 19.6 Å². The third-order valence-corrected chi connectivity index (χ3v) is 4.03. The number of aromatic nitrogens is 4. The van der Waals surface area contributed by atoms with E-state index in [1.807, 2.05) is 6.92 Å². The van der Waals surface area contributed by atoms with E-state index in [-0.39, 0.29) is 22.3 Å². The molecule has 0 atom stereocenters. The maximum atomic E-state index is 14.4. The molecule has 4 rings (SSSR count). The molecule has 10 heteroatoms. The van der Waals surface area contributed by atoms with Gasteiger partial charge in [0.2, 0.25) is 0 Å². The third kappa shape index (κ3) is 2.57. The highest BCUT2D eigenvalue weighted by molar-refractivity contribution is 6.33. The fraction of sp³-hybridized carbons (Fsp3) is 0.0625. The van der Waals surface area contributed by atoms with Crippen molar-refractivity contribution < 1.29 is 13.2 Å². The fourth-order valence-electron chi connectivity index (χ4n) is 2.61. The molecule has 3 aromatic rings. The second-order valence-electron chi connectivity index (χ2n) is 5.52. The molecule has 6 nitrogen and oxygen atoms in total. The van der Waals surface area contributed by atoms with Crippen molar-refractivity contribution in [1.29, 1.82) is 0 Å². The zero-order valence-electron chi connectivity index (χ0n) is 13.2. The van der Waals surface area contributed by atoms with E-state index in [0.717, 1.165) is 5.57 Å². The van der Waals surface area contributed by atoms with Crippen molar-refractivity contribution >= 4 is 23.2 Å². The summed E-state index contributed by atoms with van der Waals surface area (Å²) in [4.78, 5) is 7.98. The summed E-state index contributed by atoms with van der Waals surface area (Å²) in [6.45, 7) is 1.87. The van der Waals surface area contributed by atoms with E-state index < -0.39 is 23.0 Å². The SMILES string of the molecule is CC1=CNN(c2c(-c3c(F)cc(F)cc3F)c(Cl)nc3ncnn23)C=C1. The van der Waals surface area contributed by atoms with Gasteiger partial charge in [0.1, 0.15) is 28.9 Å². The minimum atomic E-state index is -1.11. The maximum absolute atomic E-state index is 14.4. The van der Waals surface area contributed by atoms with E-state index in [1.165, 1.54) is 15.9 Å². The van der Waals surface area contributed by atoms with Crippen LogP contribution in [0.15, 0.2) is 42.5 Å². The van der Waals surface area contributed by atoms with Crippen molar-refractivity contribution in [3.8, 4) is 11.1 Å². The Hall–Kier alpha value is -3.07. The monoisotopic (exact) mass is 378 g/mol. The van der Waals surface area contributed by atoms with Gasteiger partial charge in [-0.3, -0.25) is 5.43 Å². The molecule has 132 valence electrons. The Morgan fingerprint density at radius 2 is 1.85 bits per heavy atom. The van der Waals surface area contributed by atoms with E-state index in [4.69, 9.17) is 11.6 Å². The number of fused-ring (bicyclic) bond motifs is 1.